The SMILES string of the molecule is O=C(OC[C@@H]1CC(=O)N(C2CC2)C1)c1ccc(Br)o1. The fraction of sp³-hybridized carbons (Fsp3) is 0.538. The highest BCUT2D eigenvalue weighted by atomic mass is 79.9. The molecule has 0 bridgehead atoms. The van der Waals surface area contributed by atoms with Crippen LogP contribution in [0.25, 0.3) is 0 Å². The van der Waals surface area contributed by atoms with Crippen LogP contribution < -0.4 is 0 Å². The largest absolute Gasteiger partial charge is 0.459 e. The molecule has 0 radical (unpaired) electrons. The second kappa shape index (κ2) is 5.00. The summed E-state index contributed by atoms with van der Waals surface area (Å²) in [6.07, 6.45) is 2.70. The standard InChI is InChI=1S/C13H14BrNO4/c14-11-4-3-10(19-11)13(17)18-7-8-5-12(16)15(6-8)9-1-2-9/h3-4,8-9H,1-2,5-7H2/t8-/m1/s1. The zero-order valence-corrected chi connectivity index (χ0v) is 11.9. The van der Waals surface area contributed by atoms with E-state index in [1.807, 2.05) is 4.90 Å². The van der Waals surface area contributed by atoms with Crippen molar-refractivity contribution < 1.29 is 18.7 Å². The summed E-state index contributed by atoms with van der Waals surface area (Å²) in [6, 6.07) is 3.64. The molecule has 0 N–H and O–H groups in total. The zero-order valence-electron chi connectivity index (χ0n) is 10.3. The van der Waals surface area contributed by atoms with Crippen LogP contribution >= 0.6 is 15.9 Å². The third-order valence-electron chi connectivity index (χ3n) is 3.45. The number of hydrogen-bond donors (Lipinski definition) is 0. The molecule has 1 atom stereocenters. The van der Waals surface area contributed by atoms with Crippen molar-refractivity contribution in [3.63, 3.8) is 0 Å². The molecular weight excluding hydrogens is 314 g/mol. The Morgan fingerprint density at radius 1 is 1.47 bits per heavy atom. The Labute approximate surface area is 119 Å². The summed E-state index contributed by atoms with van der Waals surface area (Å²) in [7, 11) is 0. The lowest BCUT2D eigenvalue weighted by Crippen LogP contribution is -2.27. The molecule has 1 aromatic rings. The van der Waals surface area contributed by atoms with Gasteiger partial charge in [-0.15, -0.1) is 0 Å². The fourth-order valence-electron chi connectivity index (χ4n) is 2.35. The number of carbonyl (C=O) groups is 2. The maximum atomic E-state index is 11.7. The van der Waals surface area contributed by atoms with Gasteiger partial charge < -0.3 is 14.1 Å². The molecule has 3 rings (SSSR count). The van der Waals surface area contributed by atoms with Gasteiger partial charge in [0.25, 0.3) is 0 Å². The van der Waals surface area contributed by atoms with E-state index in [1.54, 1.807) is 12.1 Å². The minimum absolute atomic E-state index is 0.107. The molecule has 0 unspecified atom stereocenters. The average molecular weight is 328 g/mol. The minimum Gasteiger partial charge on any atom is -0.459 e. The van der Waals surface area contributed by atoms with E-state index >= 15 is 0 Å². The molecule has 2 fully saturated rings. The van der Waals surface area contributed by atoms with Gasteiger partial charge in [0, 0.05) is 24.9 Å². The number of furan rings is 1. The van der Waals surface area contributed by atoms with Gasteiger partial charge in [0.15, 0.2) is 4.67 Å². The number of carbonyl (C=O) groups excluding carboxylic acids is 2. The normalized spacial score (nSPS) is 22.9. The summed E-state index contributed by atoms with van der Waals surface area (Å²) < 4.78 is 10.8. The number of amides is 1. The van der Waals surface area contributed by atoms with Crippen LogP contribution in [0.4, 0.5) is 0 Å². The predicted octanol–water partition coefficient (Wildman–Crippen LogP) is 2.21. The van der Waals surface area contributed by atoms with Crippen LogP contribution in [-0.4, -0.2) is 36.0 Å². The summed E-state index contributed by atoms with van der Waals surface area (Å²) in [6.45, 7) is 0.977. The van der Waals surface area contributed by atoms with Gasteiger partial charge in [-0.2, -0.15) is 0 Å². The molecule has 1 aromatic heterocycles. The van der Waals surface area contributed by atoms with Gasteiger partial charge in [-0.1, -0.05) is 0 Å². The Hall–Kier alpha value is -1.30. The maximum absolute atomic E-state index is 11.7. The molecule has 1 saturated carbocycles. The van der Waals surface area contributed by atoms with Crippen LogP contribution in [0.3, 0.4) is 0 Å². The third-order valence-corrected chi connectivity index (χ3v) is 3.88. The summed E-state index contributed by atoms with van der Waals surface area (Å²) in [4.78, 5) is 25.4. The highest BCUT2D eigenvalue weighted by Gasteiger charge is 2.39. The molecule has 0 spiro atoms. The Kier molecular flexibility index (Phi) is 3.35. The first-order chi connectivity index (χ1) is 9.13. The number of rotatable bonds is 4. The van der Waals surface area contributed by atoms with E-state index < -0.39 is 5.97 Å². The van der Waals surface area contributed by atoms with Crippen LogP contribution in [0.15, 0.2) is 21.2 Å². The molecule has 1 amide bonds. The third kappa shape index (κ3) is 2.83. The van der Waals surface area contributed by atoms with Crippen molar-refractivity contribution in [2.24, 2.45) is 5.92 Å². The molecule has 6 heteroatoms. The van der Waals surface area contributed by atoms with Crippen molar-refractivity contribution in [3.05, 3.63) is 22.6 Å². The summed E-state index contributed by atoms with van der Waals surface area (Å²) in [5.41, 5.74) is 0. The molecule has 2 heterocycles. The second-order valence-electron chi connectivity index (χ2n) is 5.05. The maximum Gasteiger partial charge on any atom is 0.374 e. The Bertz CT molecular complexity index is 508. The van der Waals surface area contributed by atoms with Gasteiger partial charge in [0.1, 0.15) is 0 Å². The van der Waals surface area contributed by atoms with Crippen LogP contribution in [0.1, 0.15) is 29.8 Å². The molecule has 2 aliphatic rings. The quantitative estimate of drug-likeness (QED) is 0.795. The number of esters is 1. The highest BCUT2D eigenvalue weighted by Crippen LogP contribution is 2.32. The van der Waals surface area contributed by atoms with E-state index in [-0.39, 0.29) is 24.2 Å². The summed E-state index contributed by atoms with van der Waals surface area (Å²) >= 11 is 3.13. The van der Waals surface area contributed by atoms with Crippen molar-refractivity contribution in [1.82, 2.24) is 4.90 Å². The first-order valence-corrected chi connectivity index (χ1v) is 7.14. The lowest BCUT2D eigenvalue weighted by molar-refractivity contribution is -0.128. The first-order valence-electron chi connectivity index (χ1n) is 6.35. The van der Waals surface area contributed by atoms with E-state index in [4.69, 9.17) is 9.15 Å². The molecule has 5 nitrogen and oxygen atoms in total. The van der Waals surface area contributed by atoms with Gasteiger partial charge in [-0.3, -0.25) is 4.79 Å². The van der Waals surface area contributed by atoms with Crippen LogP contribution in [-0.2, 0) is 9.53 Å². The van der Waals surface area contributed by atoms with Crippen LogP contribution in [0.2, 0.25) is 0 Å². The lowest BCUT2D eigenvalue weighted by atomic mass is 10.1. The van der Waals surface area contributed by atoms with E-state index in [9.17, 15) is 9.59 Å². The molecule has 1 saturated heterocycles. The van der Waals surface area contributed by atoms with E-state index in [2.05, 4.69) is 15.9 Å². The average Bonchev–Trinajstić information content (AvgIpc) is 3.03. The van der Waals surface area contributed by atoms with Gasteiger partial charge in [0.05, 0.1) is 6.61 Å². The van der Waals surface area contributed by atoms with Crippen LogP contribution in [0, 0.1) is 5.92 Å². The topological polar surface area (TPSA) is 59.8 Å². The number of likely N-dealkylation sites (tertiary alicyclic amines) is 1. The Balaban J connectivity index is 1.50. The Morgan fingerprint density at radius 3 is 2.89 bits per heavy atom. The van der Waals surface area contributed by atoms with Crippen molar-refractivity contribution >= 4 is 27.8 Å². The first kappa shape index (κ1) is 12.7. The monoisotopic (exact) mass is 327 g/mol. The minimum atomic E-state index is -0.483. The van der Waals surface area contributed by atoms with Gasteiger partial charge in [-0.25, -0.2) is 4.79 Å². The van der Waals surface area contributed by atoms with Crippen molar-refractivity contribution in [1.29, 1.82) is 0 Å². The van der Waals surface area contributed by atoms with Crippen LogP contribution in [0.5, 0.6) is 0 Å². The van der Waals surface area contributed by atoms with E-state index in [1.165, 1.54) is 0 Å². The van der Waals surface area contributed by atoms with Crippen molar-refractivity contribution in [3.8, 4) is 0 Å². The summed E-state index contributed by atoms with van der Waals surface area (Å²) in [5, 5.41) is 0. The van der Waals surface area contributed by atoms with Crippen molar-refractivity contribution in [2.45, 2.75) is 25.3 Å². The molecule has 102 valence electrons. The molecule has 1 aliphatic heterocycles. The van der Waals surface area contributed by atoms with Gasteiger partial charge in [-0.05, 0) is 40.9 Å². The smallest absolute Gasteiger partial charge is 0.374 e. The number of hydrogen-bond acceptors (Lipinski definition) is 4. The summed E-state index contributed by atoms with van der Waals surface area (Å²) in [5.74, 6) is -0.0157. The molecule has 19 heavy (non-hydrogen) atoms. The van der Waals surface area contributed by atoms with E-state index in [0.29, 0.717) is 23.7 Å². The molecule has 1 aliphatic carbocycles. The Morgan fingerprint density at radius 2 is 2.26 bits per heavy atom. The van der Waals surface area contributed by atoms with Gasteiger partial charge >= 0.3 is 5.97 Å². The second-order valence-corrected chi connectivity index (χ2v) is 5.83. The zero-order chi connectivity index (χ0) is 13.4. The number of halogens is 1. The number of ether oxygens (including phenoxy) is 1. The van der Waals surface area contributed by atoms with E-state index in [0.717, 1.165) is 12.8 Å². The predicted molar refractivity (Wildman–Crippen MR) is 69.5 cm³/mol. The fourth-order valence-corrected chi connectivity index (χ4v) is 2.65. The highest BCUT2D eigenvalue weighted by molar-refractivity contribution is 9.10. The lowest BCUT2D eigenvalue weighted by Gasteiger charge is -2.15. The van der Waals surface area contributed by atoms with Gasteiger partial charge in [0.2, 0.25) is 11.7 Å². The molecule has 0 aromatic carbocycles. The molecular formula is C13H14BrNO4. The number of nitrogens with zero attached hydrogens (tertiary/aromatic N) is 1. The van der Waals surface area contributed by atoms with Crippen molar-refractivity contribution in [2.75, 3.05) is 13.2 Å².